The van der Waals surface area contributed by atoms with E-state index in [1.54, 1.807) is 25.3 Å². The minimum Gasteiger partial charge on any atom is -0.493 e. The number of hydrogen-bond acceptors (Lipinski definition) is 4. The smallest absolute Gasteiger partial charge is 0.258 e. The number of aryl methyl sites for hydroxylation is 1. The number of carbonyl (C=O) groups excluding carboxylic acids is 2. The number of carbonyl (C=O) groups is 2. The van der Waals surface area contributed by atoms with Gasteiger partial charge in [-0.25, -0.2) is 0 Å². The molecule has 0 atom stereocenters. The van der Waals surface area contributed by atoms with Gasteiger partial charge in [0.05, 0.1) is 7.11 Å². The number of nitrogens with one attached hydrogen (secondary N) is 2. The van der Waals surface area contributed by atoms with E-state index < -0.39 is 0 Å². The molecule has 0 saturated heterocycles. The molecule has 2 aromatic rings. The van der Waals surface area contributed by atoms with Gasteiger partial charge in [0.15, 0.2) is 18.1 Å². The topological polar surface area (TPSA) is 76.7 Å². The van der Waals surface area contributed by atoms with Gasteiger partial charge in [-0.2, -0.15) is 0 Å². The second-order valence-electron chi connectivity index (χ2n) is 5.78. The first-order chi connectivity index (χ1) is 12.5. The molecular weight excluding hydrogens is 332 g/mol. The van der Waals surface area contributed by atoms with Gasteiger partial charge in [-0.1, -0.05) is 18.2 Å². The molecule has 26 heavy (non-hydrogen) atoms. The predicted octanol–water partition coefficient (Wildman–Crippen LogP) is 2.45. The Bertz CT molecular complexity index is 757. The van der Waals surface area contributed by atoms with Crippen molar-refractivity contribution in [2.45, 2.75) is 20.4 Å². The first-order valence-electron chi connectivity index (χ1n) is 8.44. The van der Waals surface area contributed by atoms with E-state index >= 15 is 0 Å². The first-order valence-corrected chi connectivity index (χ1v) is 8.44. The van der Waals surface area contributed by atoms with Crippen molar-refractivity contribution in [1.29, 1.82) is 0 Å². The molecule has 0 bridgehead atoms. The molecule has 2 aromatic carbocycles. The van der Waals surface area contributed by atoms with Crippen molar-refractivity contribution in [1.82, 2.24) is 10.6 Å². The summed E-state index contributed by atoms with van der Waals surface area (Å²) in [5.74, 6) is 0.780. The zero-order valence-electron chi connectivity index (χ0n) is 15.3. The predicted molar refractivity (Wildman–Crippen MR) is 99.5 cm³/mol. The zero-order chi connectivity index (χ0) is 18.9. The molecule has 0 aliphatic heterocycles. The summed E-state index contributed by atoms with van der Waals surface area (Å²) >= 11 is 0. The lowest BCUT2D eigenvalue weighted by atomic mass is 10.1. The van der Waals surface area contributed by atoms with E-state index in [1.807, 2.05) is 38.1 Å². The number of rotatable bonds is 8. The molecule has 0 unspecified atom stereocenters. The molecular formula is C20H24N2O4. The SMILES string of the molecule is CCNC(=O)c1ccc(CNC(=O)COc2ccc(C)cc2OC)cc1. The van der Waals surface area contributed by atoms with Crippen molar-refractivity contribution in [3.05, 3.63) is 59.2 Å². The lowest BCUT2D eigenvalue weighted by molar-refractivity contribution is -0.123. The van der Waals surface area contributed by atoms with E-state index in [0.29, 0.717) is 30.2 Å². The first kappa shape index (κ1) is 19.3. The second kappa shape index (κ2) is 9.46. The van der Waals surface area contributed by atoms with Crippen molar-refractivity contribution < 1.29 is 19.1 Å². The molecule has 2 N–H and O–H groups in total. The van der Waals surface area contributed by atoms with Gasteiger partial charge in [0, 0.05) is 18.7 Å². The number of amides is 2. The fourth-order valence-corrected chi connectivity index (χ4v) is 2.33. The fraction of sp³-hybridized carbons (Fsp3) is 0.300. The molecule has 2 rings (SSSR count). The summed E-state index contributed by atoms with van der Waals surface area (Å²) in [4.78, 5) is 23.7. The summed E-state index contributed by atoms with van der Waals surface area (Å²) in [5.41, 5.74) is 2.55. The second-order valence-corrected chi connectivity index (χ2v) is 5.78. The summed E-state index contributed by atoms with van der Waals surface area (Å²) in [5, 5.41) is 5.53. The number of ether oxygens (including phenoxy) is 2. The van der Waals surface area contributed by atoms with Gasteiger partial charge in [-0.05, 0) is 49.2 Å². The van der Waals surface area contributed by atoms with E-state index in [9.17, 15) is 9.59 Å². The molecule has 0 fully saturated rings. The van der Waals surface area contributed by atoms with Crippen LogP contribution in [0.3, 0.4) is 0 Å². The molecule has 0 saturated carbocycles. The molecule has 0 heterocycles. The van der Waals surface area contributed by atoms with Gasteiger partial charge < -0.3 is 20.1 Å². The molecule has 2 amide bonds. The fourth-order valence-electron chi connectivity index (χ4n) is 2.33. The molecule has 0 spiro atoms. The van der Waals surface area contributed by atoms with Crippen molar-refractivity contribution in [2.75, 3.05) is 20.3 Å². The maximum Gasteiger partial charge on any atom is 0.258 e. The van der Waals surface area contributed by atoms with Crippen LogP contribution >= 0.6 is 0 Å². The van der Waals surface area contributed by atoms with Gasteiger partial charge in [-0.15, -0.1) is 0 Å². The Labute approximate surface area is 153 Å². The highest BCUT2D eigenvalue weighted by Crippen LogP contribution is 2.27. The third-order valence-corrected chi connectivity index (χ3v) is 3.72. The van der Waals surface area contributed by atoms with Gasteiger partial charge in [0.2, 0.25) is 0 Å². The third-order valence-electron chi connectivity index (χ3n) is 3.72. The average molecular weight is 356 g/mol. The van der Waals surface area contributed by atoms with Crippen molar-refractivity contribution in [2.24, 2.45) is 0 Å². The Kier molecular flexibility index (Phi) is 7.02. The van der Waals surface area contributed by atoms with Crippen molar-refractivity contribution >= 4 is 11.8 Å². The lowest BCUT2D eigenvalue weighted by Gasteiger charge is -2.11. The molecule has 138 valence electrons. The van der Waals surface area contributed by atoms with E-state index in [-0.39, 0.29) is 18.4 Å². The molecule has 6 heteroatoms. The summed E-state index contributed by atoms with van der Waals surface area (Å²) in [6, 6.07) is 12.6. The van der Waals surface area contributed by atoms with Gasteiger partial charge in [-0.3, -0.25) is 9.59 Å². The normalized spacial score (nSPS) is 10.1. The van der Waals surface area contributed by atoms with Crippen LogP contribution in [0, 0.1) is 6.92 Å². The summed E-state index contributed by atoms with van der Waals surface area (Å²) in [6.07, 6.45) is 0. The van der Waals surface area contributed by atoms with E-state index in [4.69, 9.17) is 9.47 Å². The van der Waals surface area contributed by atoms with Gasteiger partial charge >= 0.3 is 0 Å². The maximum atomic E-state index is 12.0. The summed E-state index contributed by atoms with van der Waals surface area (Å²) < 4.78 is 10.8. The highest BCUT2D eigenvalue weighted by Gasteiger charge is 2.08. The van der Waals surface area contributed by atoms with Crippen LogP contribution in [-0.4, -0.2) is 32.1 Å². The lowest BCUT2D eigenvalue weighted by Crippen LogP contribution is -2.28. The summed E-state index contributed by atoms with van der Waals surface area (Å²) in [6.45, 7) is 4.67. The molecule has 0 aliphatic carbocycles. The van der Waals surface area contributed by atoms with Crippen LogP contribution in [0.4, 0.5) is 0 Å². The molecule has 6 nitrogen and oxygen atoms in total. The zero-order valence-corrected chi connectivity index (χ0v) is 15.3. The Morgan fingerprint density at radius 3 is 2.38 bits per heavy atom. The van der Waals surface area contributed by atoms with Crippen molar-refractivity contribution in [3.8, 4) is 11.5 Å². The Hall–Kier alpha value is -3.02. The highest BCUT2D eigenvalue weighted by molar-refractivity contribution is 5.94. The van der Waals surface area contributed by atoms with Crippen LogP contribution in [0.1, 0.15) is 28.4 Å². The molecule has 0 aliphatic rings. The van der Waals surface area contributed by atoms with E-state index in [2.05, 4.69) is 10.6 Å². The molecule has 0 aromatic heterocycles. The van der Waals surface area contributed by atoms with Crippen LogP contribution in [0.15, 0.2) is 42.5 Å². The third kappa shape index (κ3) is 5.51. The highest BCUT2D eigenvalue weighted by atomic mass is 16.5. The van der Waals surface area contributed by atoms with Crippen LogP contribution < -0.4 is 20.1 Å². The monoisotopic (exact) mass is 356 g/mol. The van der Waals surface area contributed by atoms with Gasteiger partial charge in [0.25, 0.3) is 11.8 Å². The Balaban J connectivity index is 1.82. The average Bonchev–Trinajstić information content (AvgIpc) is 2.65. The van der Waals surface area contributed by atoms with Crippen LogP contribution in [-0.2, 0) is 11.3 Å². The standard InChI is InChI=1S/C20H24N2O4/c1-4-21-20(24)16-8-6-15(7-9-16)12-22-19(23)13-26-17-10-5-14(2)11-18(17)25-3/h5-11H,4,12-13H2,1-3H3,(H,21,24)(H,22,23). The minimum atomic E-state index is -0.236. The number of methoxy groups -OCH3 is 1. The maximum absolute atomic E-state index is 12.0. The largest absolute Gasteiger partial charge is 0.493 e. The number of benzene rings is 2. The van der Waals surface area contributed by atoms with Gasteiger partial charge in [0.1, 0.15) is 0 Å². The van der Waals surface area contributed by atoms with E-state index in [0.717, 1.165) is 11.1 Å². The minimum absolute atomic E-state index is 0.101. The van der Waals surface area contributed by atoms with Crippen molar-refractivity contribution in [3.63, 3.8) is 0 Å². The van der Waals surface area contributed by atoms with Crippen LogP contribution in [0.5, 0.6) is 11.5 Å². The quantitative estimate of drug-likeness (QED) is 0.762. The van der Waals surface area contributed by atoms with Crippen LogP contribution in [0.2, 0.25) is 0 Å². The summed E-state index contributed by atoms with van der Waals surface area (Å²) in [7, 11) is 1.56. The Morgan fingerprint density at radius 1 is 1.00 bits per heavy atom. The van der Waals surface area contributed by atoms with E-state index in [1.165, 1.54) is 0 Å². The Morgan fingerprint density at radius 2 is 1.73 bits per heavy atom. The molecule has 0 radical (unpaired) electrons. The van der Waals surface area contributed by atoms with Crippen LogP contribution in [0.25, 0.3) is 0 Å². The number of hydrogen-bond donors (Lipinski definition) is 2.